The Morgan fingerprint density at radius 2 is 2.38 bits per heavy atom. The Kier molecular flexibility index (Phi) is 3.24. The van der Waals surface area contributed by atoms with Crippen molar-refractivity contribution in [2.45, 2.75) is 26.9 Å². The van der Waals surface area contributed by atoms with E-state index in [-0.39, 0.29) is 0 Å². The molecule has 0 radical (unpaired) electrons. The Hall–Kier alpha value is -1.78. The number of nitrogens with one attached hydrogen (secondary N) is 2. The molecule has 0 fully saturated rings. The smallest absolute Gasteiger partial charge is 0.124 e. The topological polar surface area (TPSA) is 58.5 Å². The van der Waals surface area contributed by atoms with Crippen LogP contribution in [0.25, 0.3) is 0 Å². The van der Waals surface area contributed by atoms with Crippen molar-refractivity contribution in [3.05, 3.63) is 30.5 Å². The Morgan fingerprint density at radius 3 is 3.06 bits per heavy atom. The SMILES string of the molecule is CC(C)Cn1nccc1NCc1cnc[nH]1. The van der Waals surface area contributed by atoms with Crippen LogP contribution >= 0.6 is 0 Å². The zero-order valence-corrected chi connectivity index (χ0v) is 9.64. The van der Waals surface area contributed by atoms with Crippen LogP contribution in [0.5, 0.6) is 0 Å². The van der Waals surface area contributed by atoms with Gasteiger partial charge in [-0.05, 0) is 5.92 Å². The molecule has 2 heterocycles. The molecule has 0 bridgehead atoms. The molecule has 0 spiro atoms. The minimum absolute atomic E-state index is 0.590. The Bertz CT molecular complexity index is 415. The summed E-state index contributed by atoms with van der Waals surface area (Å²) in [5.41, 5.74) is 1.07. The minimum Gasteiger partial charge on any atom is -0.365 e. The molecule has 0 saturated carbocycles. The van der Waals surface area contributed by atoms with E-state index in [0.29, 0.717) is 5.92 Å². The lowest BCUT2D eigenvalue weighted by atomic mass is 10.2. The second-order valence-corrected chi connectivity index (χ2v) is 4.22. The third-order valence-corrected chi connectivity index (χ3v) is 2.27. The summed E-state index contributed by atoms with van der Waals surface area (Å²) in [6.45, 7) is 6.03. The molecule has 5 nitrogen and oxygen atoms in total. The molecule has 86 valence electrons. The maximum atomic E-state index is 4.28. The molecule has 0 unspecified atom stereocenters. The van der Waals surface area contributed by atoms with Gasteiger partial charge in [-0.15, -0.1) is 0 Å². The van der Waals surface area contributed by atoms with Crippen LogP contribution in [0.3, 0.4) is 0 Å². The first-order valence-corrected chi connectivity index (χ1v) is 5.48. The fourth-order valence-electron chi connectivity index (χ4n) is 1.54. The van der Waals surface area contributed by atoms with Crippen molar-refractivity contribution in [3.63, 3.8) is 0 Å². The van der Waals surface area contributed by atoms with Crippen LogP contribution < -0.4 is 5.32 Å². The van der Waals surface area contributed by atoms with Crippen molar-refractivity contribution in [2.24, 2.45) is 5.92 Å². The number of imidazole rings is 1. The fourth-order valence-corrected chi connectivity index (χ4v) is 1.54. The molecule has 16 heavy (non-hydrogen) atoms. The summed E-state index contributed by atoms with van der Waals surface area (Å²) < 4.78 is 1.99. The van der Waals surface area contributed by atoms with Gasteiger partial charge in [-0.1, -0.05) is 13.8 Å². The van der Waals surface area contributed by atoms with Crippen molar-refractivity contribution in [1.29, 1.82) is 0 Å². The predicted molar refractivity (Wildman–Crippen MR) is 63.0 cm³/mol. The van der Waals surface area contributed by atoms with Gasteiger partial charge in [0.15, 0.2) is 0 Å². The highest BCUT2D eigenvalue weighted by Gasteiger charge is 2.04. The Morgan fingerprint density at radius 1 is 1.50 bits per heavy atom. The molecular formula is C11H17N5. The van der Waals surface area contributed by atoms with E-state index in [9.17, 15) is 0 Å². The van der Waals surface area contributed by atoms with E-state index in [1.807, 2.05) is 23.1 Å². The summed E-state index contributed by atoms with van der Waals surface area (Å²) in [7, 11) is 0. The molecule has 0 atom stereocenters. The first kappa shape index (κ1) is 10.7. The molecule has 0 aliphatic carbocycles. The molecule has 0 aliphatic rings. The summed E-state index contributed by atoms with van der Waals surface area (Å²) in [6.07, 6.45) is 5.32. The average Bonchev–Trinajstić information content (AvgIpc) is 2.84. The number of nitrogens with zero attached hydrogens (tertiary/aromatic N) is 3. The molecule has 0 aromatic carbocycles. The van der Waals surface area contributed by atoms with Crippen molar-refractivity contribution in [1.82, 2.24) is 19.7 Å². The van der Waals surface area contributed by atoms with Crippen LogP contribution in [0.15, 0.2) is 24.8 Å². The second-order valence-electron chi connectivity index (χ2n) is 4.22. The summed E-state index contributed by atoms with van der Waals surface area (Å²) in [4.78, 5) is 7.03. The van der Waals surface area contributed by atoms with E-state index >= 15 is 0 Å². The highest BCUT2D eigenvalue weighted by atomic mass is 15.3. The van der Waals surface area contributed by atoms with Gasteiger partial charge in [-0.2, -0.15) is 5.10 Å². The number of aromatic nitrogens is 4. The van der Waals surface area contributed by atoms with Gasteiger partial charge in [0, 0.05) is 18.8 Å². The average molecular weight is 219 g/mol. The quantitative estimate of drug-likeness (QED) is 0.807. The Labute approximate surface area is 94.9 Å². The molecular weight excluding hydrogens is 202 g/mol. The summed E-state index contributed by atoms with van der Waals surface area (Å²) in [5.74, 6) is 1.64. The van der Waals surface area contributed by atoms with Crippen LogP contribution in [0.4, 0.5) is 5.82 Å². The van der Waals surface area contributed by atoms with E-state index in [1.54, 1.807) is 6.33 Å². The van der Waals surface area contributed by atoms with Crippen LogP contribution in [0.1, 0.15) is 19.5 Å². The van der Waals surface area contributed by atoms with Crippen molar-refractivity contribution in [3.8, 4) is 0 Å². The summed E-state index contributed by atoms with van der Waals surface area (Å²) >= 11 is 0. The lowest BCUT2D eigenvalue weighted by molar-refractivity contribution is 0.487. The van der Waals surface area contributed by atoms with Crippen molar-refractivity contribution in [2.75, 3.05) is 5.32 Å². The van der Waals surface area contributed by atoms with Gasteiger partial charge in [0.1, 0.15) is 5.82 Å². The summed E-state index contributed by atoms with van der Waals surface area (Å²) in [5, 5.41) is 7.61. The zero-order chi connectivity index (χ0) is 11.4. The van der Waals surface area contributed by atoms with Crippen LogP contribution in [-0.4, -0.2) is 19.7 Å². The van der Waals surface area contributed by atoms with Gasteiger partial charge in [0.05, 0.1) is 24.8 Å². The molecule has 2 aromatic heterocycles. The molecule has 0 aliphatic heterocycles. The number of rotatable bonds is 5. The van der Waals surface area contributed by atoms with Crippen LogP contribution in [-0.2, 0) is 13.1 Å². The van der Waals surface area contributed by atoms with Gasteiger partial charge in [-0.3, -0.25) is 0 Å². The van der Waals surface area contributed by atoms with Gasteiger partial charge < -0.3 is 10.3 Å². The number of hydrogen-bond donors (Lipinski definition) is 2. The van der Waals surface area contributed by atoms with E-state index in [1.165, 1.54) is 0 Å². The van der Waals surface area contributed by atoms with E-state index < -0.39 is 0 Å². The number of H-pyrrole nitrogens is 1. The normalized spacial score (nSPS) is 10.9. The standard InChI is InChI=1S/C11H17N5/c1-9(2)7-16-11(3-4-15-16)13-6-10-5-12-8-14-10/h3-5,8-9,13H,6-7H2,1-2H3,(H,12,14). The largest absolute Gasteiger partial charge is 0.365 e. The lowest BCUT2D eigenvalue weighted by Gasteiger charge is -2.10. The van der Waals surface area contributed by atoms with Gasteiger partial charge in [-0.25, -0.2) is 9.67 Å². The van der Waals surface area contributed by atoms with E-state index in [0.717, 1.165) is 24.6 Å². The monoisotopic (exact) mass is 219 g/mol. The highest BCUT2D eigenvalue weighted by Crippen LogP contribution is 2.10. The maximum absolute atomic E-state index is 4.28. The molecule has 0 saturated heterocycles. The van der Waals surface area contributed by atoms with Crippen LogP contribution in [0, 0.1) is 5.92 Å². The second kappa shape index (κ2) is 4.83. The molecule has 0 amide bonds. The van der Waals surface area contributed by atoms with E-state index in [2.05, 4.69) is 34.2 Å². The number of hydrogen-bond acceptors (Lipinski definition) is 3. The Balaban J connectivity index is 1.96. The number of anilines is 1. The third-order valence-electron chi connectivity index (χ3n) is 2.27. The van der Waals surface area contributed by atoms with E-state index in [4.69, 9.17) is 0 Å². The highest BCUT2D eigenvalue weighted by molar-refractivity contribution is 5.34. The lowest BCUT2D eigenvalue weighted by Crippen LogP contribution is -2.11. The predicted octanol–water partition coefficient (Wildman–Crippen LogP) is 1.87. The van der Waals surface area contributed by atoms with Crippen LogP contribution in [0.2, 0.25) is 0 Å². The van der Waals surface area contributed by atoms with Crippen molar-refractivity contribution >= 4 is 5.82 Å². The molecule has 2 rings (SSSR count). The summed E-state index contributed by atoms with van der Waals surface area (Å²) in [6, 6.07) is 1.98. The zero-order valence-electron chi connectivity index (χ0n) is 9.64. The number of aromatic amines is 1. The first-order valence-electron chi connectivity index (χ1n) is 5.48. The van der Waals surface area contributed by atoms with Crippen molar-refractivity contribution < 1.29 is 0 Å². The fraction of sp³-hybridized carbons (Fsp3) is 0.455. The van der Waals surface area contributed by atoms with Gasteiger partial charge in [0.25, 0.3) is 0 Å². The maximum Gasteiger partial charge on any atom is 0.124 e. The van der Waals surface area contributed by atoms with Gasteiger partial charge >= 0.3 is 0 Å². The third kappa shape index (κ3) is 2.62. The minimum atomic E-state index is 0.590. The molecule has 5 heteroatoms. The van der Waals surface area contributed by atoms with Gasteiger partial charge in [0.2, 0.25) is 0 Å². The first-order chi connectivity index (χ1) is 7.75. The molecule has 2 N–H and O–H groups in total. The molecule has 2 aromatic rings.